The van der Waals surface area contributed by atoms with Gasteiger partial charge in [-0.2, -0.15) is 15.8 Å². The van der Waals surface area contributed by atoms with Crippen LogP contribution in [0.3, 0.4) is 0 Å². The Hall–Kier alpha value is -7.59. The van der Waals surface area contributed by atoms with Crippen molar-refractivity contribution >= 4 is 65.4 Å². The van der Waals surface area contributed by atoms with Crippen molar-refractivity contribution in [3.8, 4) is 35.3 Å². The van der Waals surface area contributed by atoms with Gasteiger partial charge < -0.3 is 13.7 Å². The molecule has 0 fully saturated rings. The highest BCUT2D eigenvalue weighted by atomic mass is 15.0. The van der Waals surface area contributed by atoms with Crippen LogP contribution in [0.2, 0.25) is 0 Å². The number of hydrogen-bond acceptors (Lipinski definition) is 3. The average molecular weight is 649 g/mol. The number of rotatable bonds is 3. The van der Waals surface area contributed by atoms with Gasteiger partial charge in [0.25, 0.3) is 0 Å². The minimum Gasteiger partial charge on any atom is -0.309 e. The minimum absolute atomic E-state index is 0.569. The summed E-state index contributed by atoms with van der Waals surface area (Å²) in [5, 5.41) is 35.5. The fraction of sp³-hybridized carbons (Fsp3) is 0. The Balaban J connectivity index is 1.29. The van der Waals surface area contributed by atoms with Crippen molar-refractivity contribution in [2.45, 2.75) is 0 Å². The highest BCUT2D eigenvalue weighted by Crippen LogP contribution is 2.41. The summed E-state index contributed by atoms with van der Waals surface area (Å²) in [5.41, 5.74) is 10.9. The van der Waals surface area contributed by atoms with Crippen molar-refractivity contribution < 1.29 is 0 Å². The fourth-order valence-electron chi connectivity index (χ4n) is 7.90. The number of para-hydroxylation sites is 2. The van der Waals surface area contributed by atoms with Crippen molar-refractivity contribution in [3.63, 3.8) is 0 Å². The average Bonchev–Trinajstić information content (AvgIpc) is 3.81. The maximum atomic E-state index is 9.93. The molecule has 3 heterocycles. The first-order valence-electron chi connectivity index (χ1n) is 16.6. The molecule has 0 bridgehead atoms. The molecule has 0 aliphatic carbocycles. The van der Waals surface area contributed by atoms with E-state index < -0.39 is 0 Å². The Bertz CT molecular complexity index is 3150. The zero-order chi connectivity index (χ0) is 34.2. The first-order valence-corrected chi connectivity index (χ1v) is 16.6. The Labute approximate surface area is 291 Å². The quantitative estimate of drug-likeness (QED) is 0.191. The fourth-order valence-corrected chi connectivity index (χ4v) is 7.90. The molecule has 51 heavy (non-hydrogen) atoms. The Kier molecular flexibility index (Phi) is 5.97. The molecular formula is C45H24N6. The number of fused-ring (bicyclic) bond motifs is 9. The summed E-state index contributed by atoms with van der Waals surface area (Å²) in [4.78, 5) is 0. The van der Waals surface area contributed by atoms with Crippen LogP contribution in [-0.2, 0) is 0 Å². The Morgan fingerprint density at radius 2 is 0.686 bits per heavy atom. The molecule has 234 valence electrons. The van der Waals surface area contributed by atoms with Crippen LogP contribution in [0.15, 0.2) is 146 Å². The normalized spacial score (nSPS) is 11.5. The molecule has 0 amide bonds. The molecule has 0 aliphatic rings. The van der Waals surface area contributed by atoms with Gasteiger partial charge in [0.05, 0.1) is 68.0 Å². The summed E-state index contributed by atoms with van der Waals surface area (Å²) >= 11 is 0. The first kappa shape index (κ1) is 28.4. The first-order chi connectivity index (χ1) is 25.1. The van der Waals surface area contributed by atoms with E-state index in [-0.39, 0.29) is 0 Å². The van der Waals surface area contributed by atoms with Crippen molar-refractivity contribution in [2.75, 3.05) is 0 Å². The Morgan fingerprint density at radius 3 is 1.22 bits per heavy atom. The van der Waals surface area contributed by atoms with Crippen molar-refractivity contribution in [2.24, 2.45) is 0 Å². The van der Waals surface area contributed by atoms with E-state index in [0.717, 1.165) is 77.1 Å². The zero-order valence-corrected chi connectivity index (χ0v) is 27.0. The second kappa shape index (κ2) is 10.7. The summed E-state index contributed by atoms with van der Waals surface area (Å²) in [7, 11) is 0. The largest absolute Gasteiger partial charge is 0.309 e. The zero-order valence-electron chi connectivity index (χ0n) is 27.0. The molecule has 6 nitrogen and oxygen atoms in total. The lowest BCUT2D eigenvalue weighted by Crippen LogP contribution is -1.99. The predicted molar refractivity (Wildman–Crippen MR) is 204 cm³/mol. The van der Waals surface area contributed by atoms with Crippen LogP contribution in [0.1, 0.15) is 16.7 Å². The monoisotopic (exact) mass is 648 g/mol. The van der Waals surface area contributed by atoms with Crippen LogP contribution in [0.25, 0.3) is 82.5 Å². The summed E-state index contributed by atoms with van der Waals surface area (Å²) < 4.78 is 6.81. The summed E-state index contributed by atoms with van der Waals surface area (Å²) in [5.74, 6) is 0. The van der Waals surface area contributed by atoms with Gasteiger partial charge in [0.1, 0.15) is 0 Å². The van der Waals surface area contributed by atoms with Gasteiger partial charge in [-0.15, -0.1) is 0 Å². The third-order valence-electron chi connectivity index (χ3n) is 10.1. The molecule has 0 N–H and O–H groups in total. The second-order valence-corrected chi connectivity index (χ2v) is 12.8. The maximum Gasteiger partial charge on any atom is 0.0991 e. The molecule has 10 rings (SSSR count). The number of benzene rings is 7. The molecule has 3 aromatic heterocycles. The molecule has 6 heteroatoms. The van der Waals surface area contributed by atoms with Gasteiger partial charge in [0.2, 0.25) is 0 Å². The molecular weight excluding hydrogens is 625 g/mol. The lowest BCUT2D eigenvalue weighted by atomic mass is 10.1. The maximum absolute atomic E-state index is 9.93. The van der Waals surface area contributed by atoms with Crippen molar-refractivity contribution in [3.05, 3.63) is 162 Å². The van der Waals surface area contributed by atoms with E-state index >= 15 is 0 Å². The second-order valence-electron chi connectivity index (χ2n) is 12.8. The van der Waals surface area contributed by atoms with Crippen LogP contribution in [0.4, 0.5) is 0 Å². The molecule has 0 radical (unpaired) electrons. The lowest BCUT2D eigenvalue weighted by Gasteiger charge is -2.13. The van der Waals surface area contributed by atoms with Gasteiger partial charge in [-0.25, -0.2) is 0 Å². The van der Waals surface area contributed by atoms with Crippen molar-refractivity contribution in [1.82, 2.24) is 13.7 Å². The van der Waals surface area contributed by atoms with Gasteiger partial charge >= 0.3 is 0 Å². The number of aromatic nitrogens is 3. The number of nitriles is 3. The Morgan fingerprint density at radius 1 is 0.294 bits per heavy atom. The molecule has 0 atom stereocenters. The van der Waals surface area contributed by atoms with E-state index in [1.165, 1.54) is 5.39 Å². The SMILES string of the molecule is N#Cc1ccc2c(c1)c1cc(C#N)ccc1n2-c1cccc(-n2c3ccc(C#N)cc3c3cc4c(cc32)c2ccccc2n4-c2ccccc2)c1. The van der Waals surface area contributed by atoms with Crippen LogP contribution in [0.5, 0.6) is 0 Å². The standard InChI is InChI=1S/C45H24N6/c46-25-28-13-16-41-35(19-28)36-20-29(26-47)14-17-42(36)50(41)32-9-6-10-33(22-32)51-43-18-15-30(27-48)21-37(43)39-24-44-38(23-45(39)51)34-11-4-5-12-40(34)49(44)31-7-2-1-3-8-31/h1-24H. The number of nitrogens with zero attached hydrogens (tertiary/aromatic N) is 6. The van der Waals surface area contributed by atoms with Crippen LogP contribution < -0.4 is 0 Å². The van der Waals surface area contributed by atoms with Crippen LogP contribution in [0, 0.1) is 34.0 Å². The molecule has 7 aromatic carbocycles. The predicted octanol–water partition coefficient (Wildman–Crippen LogP) is 10.6. The molecule has 0 saturated carbocycles. The molecule has 0 unspecified atom stereocenters. The molecule has 10 aromatic rings. The van der Waals surface area contributed by atoms with Gasteiger partial charge in [0, 0.05) is 49.4 Å². The summed E-state index contributed by atoms with van der Waals surface area (Å²) in [6, 6.07) is 56.2. The topological polar surface area (TPSA) is 86.2 Å². The molecule has 0 spiro atoms. The molecule has 0 saturated heterocycles. The van der Waals surface area contributed by atoms with Gasteiger partial charge in [-0.1, -0.05) is 42.5 Å². The third-order valence-corrected chi connectivity index (χ3v) is 10.1. The van der Waals surface area contributed by atoms with E-state index in [1.54, 1.807) is 0 Å². The van der Waals surface area contributed by atoms with E-state index in [2.05, 4.69) is 117 Å². The van der Waals surface area contributed by atoms with Crippen LogP contribution >= 0.6 is 0 Å². The molecule has 0 aliphatic heterocycles. The number of hydrogen-bond donors (Lipinski definition) is 0. The summed E-state index contributed by atoms with van der Waals surface area (Å²) in [6.07, 6.45) is 0. The lowest BCUT2D eigenvalue weighted by molar-refractivity contribution is 1.13. The minimum atomic E-state index is 0.569. The van der Waals surface area contributed by atoms with Crippen LogP contribution in [-0.4, -0.2) is 13.7 Å². The summed E-state index contributed by atoms with van der Waals surface area (Å²) in [6.45, 7) is 0. The van der Waals surface area contributed by atoms with Gasteiger partial charge in [-0.3, -0.25) is 0 Å². The smallest absolute Gasteiger partial charge is 0.0991 e. The van der Waals surface area contributed by atoms with E-state index in [0.29, 0.717) is 16.7 Å². The highest BCUT2D eigenvalue weighted by Gasteiger charge is 2.20. The van der Waals surface area contributed by atoms with E-state index in [9.17, 15) is 15.8 Å². The van der Waals surface area contributed by atoms with Crippen molar-refractivity contribution in [1.29, 1.82) is 15.8 Å². The third kappa shape index (κ3) is 4.07. The van der Waals surface area contributed by atoms with E-state index in [4.69, 9.17) is 0 Å². The van der Waals surface area contributed by atoms with E-state index in [1.807, 2.05) is 60.7 Å². The van der Waals surface area contributed by atoms with Gasteiger partial charge in [-0.05, 0) is 103 Å². The van der Waals surface area contributed by atoms with Gasteiger partial charge in [0.15, 0.2) is 0 Å². The highest BCUT2D eigenvalue weighted by molar-refractivity contribution is 6.19.